The second kappa shape index (κ2) is 10.2. The monoisotopic (exact) mass is 411 g/mol. The van der Waals surface area contributed by atoms with E-state index in [-0.39, 0.29) is 24.2 Å². The van der Waals surface area contributed by atoms with Crippen LogP contribution in [0, 0.1) is 5.92 Å². The van der Waals surface area contributed by atoms with Crippen LogP contribution in [0.3, 0.4) is 0 Å². The largest absolute Gasteiger partial charge is 0.492 e. The molecule has 5 nitrogen and oxygen atoms in total. The van der Waals surface area contributed by atoms with E-state index in [2.05, 4.69) is 24.8 Å². The van der Waals surface area contributed by atoms with Crippen LogP contribution in [0.5, 0.6) is 5.75 Å². The van der Waals surface area contributed by atoms with Crippen molar-refractivity contribution in [2.75, 3.05) is 37.7 Å². The molecular weight excluding hydrogens is 382 g/mol. The number of amides is 1. The number of hydrogen-bond acceptors (Lipinski definition) is 5. The highest BCUT2D eigenvalue weighted by molar-refractivity contribution is 7.22. The number of anilines is 1. The van der Waals surface area contributed by atoms with Gasteiger partial charge >= 0.3 is 0 Å². The van der Waals surface area contributed by atoms with Gasteiger partial charge < -0.3 is 9.64 Å². The Morgan fingerprint density at radius 3 is 2.56 bits per heavy atom. The molecular formula is C20H30ClN3O2S. The zero-order valence-corrected chi connectivity index (χ0v) is 18.1. The lowest BCUT2D eigenvalue weighted by atomic mass is 9.84. The molecule has 1 aromatic carbocycles. The molecule has 150 valence electrons. The Kier molecular flexibility index (Phi) is 8.32. The lowest BCUT2D eigenvalue weighted by Gasteiger charge is -2.31. The fourth-order valence-electron chi connectivity index (χ4n) is 3.26. The number of nitrogens with zero attached hydrogens (tertiary/aromatic N) is 3. The highest BCUT2D eigenvalue weighted by Gasteiger charge is 2.31. The summed E-state index contributed by atoms with van der Waals surface area (Å²) in [6, 6.07) is 5.99. The van der Waals surface area contributed by atoms with Crippen molar-refractivity contribution >= 4 is 45.0 Å². The number of hydrogen-bond donors (Lipinski definition) is 0. The molecule has 1 amide bonds. The number of para-hydroxylation sites is 1. The van der Waals surface area contributed by atoms with Crippen LogP contribution >= 0.6 is 23.7 Å². The van der Waals surface area contributed by atoms with Crippen LogP contribution in [-0.2, 0) is 4.79 Å². The Hall–Kier alpha value is -1.37. The molecule has 0 radical (unpaired) electrons. The first-order valence-electron chi connectivity index (χ1n) is 9.74. The van der Waals surface area contributed by atoms with Crippen molar-refractivity contribution in [1.82, 2.24) is 9.88 Å². The molecule has 1 fully saturated rings. The quantitative estimate of drug-likeness (QED) is 0.605. The van der Waals surface area contributed by atoms with Crippen molar-refractivity contribution in [3.8, 4) is 5.75 Å². The van der Waals surface area contributed by atoms with Gasteiger partial charge in [-0.05, 0) is 45.0 Å². The molecule has 0 bridgehead atoms. The summed E-state index contributed by atoms with van der Waals surface area (Å²) in [5.74, 6) is 1.21. The number of thiazole rings is 1. The van der Waals surface area contributed by atoms with Crippen molar-refractivity contribution in [2.45, 2.75) is 40.0 Å². The lowest BCUT2D eigenvalue weighted by molar-refractivity contribution is -0.124. The van der Waals surface area contributed by atoms with E-state index in [0.717, 1.165) is 60.0 Å². The summed E-state index contributed by atoms with van der Waals surface area (Å²) < 4.78 is 6.79. The molecule has 3 rings (SSSR count). The first-order valence-corrected chi connectivity index (χ1v) is 10.6. The van der Waals surface area contributed by atoms with E-state index in [1.807, 2.05) is 24.0 Å². The maximum Gasteiger partial charge on any atom is 0.231 e. The molecule has 1 aliphatic rings. The van der Waals surface area contributed by atoms with Crippen LogP contribution in [0.25, 0.3) is 10.2 Å². The molecule has 0 saturated heterocycles. The molecule has 0 spiro atoms. The Morgan fingerprint density at radius 2 is 1.96 bits per heavy atom. The van der Waals surface area contributed by atoms with E-state index in [0.29, 0.717) is 13.2 Å². The number of likely N-dealkylation sites (N-methyl/N-ethyl adjacent to an activating group) is 1. The first-order chi connectivity index (χ1) is 12.7. The third-order valence-electron chi connectivity index (χ3n) is 5.16. The average molecular weight is 412 g/mol. The minimum atomic E-state index is 0. The molecule has 0 N–H and O–H groups in total. The minimum Gasteiger partial charge on any atom is -0.492 e. The zero-order chi connectivity index (χ0) is 18.5. The summed E-state index contributed by atoms with van der Waals surface area (Å²) in [4.78, 5) is 22.1. The van der Waals surface area contributed by atoms with Gasteiger partial charge in [0.2, 0.25) is 5.91 Å². The van der Waals surface area contributed by atoms with E-state index in [1.54, 1.807) is 11.3 Å². The standard InChI is InChI=1S/C20H29N3O2S.ClH/c1-4-22(5-2)13-14-23(19(24)15-9-7-10-15)20-21-18-16(25-6-3)11-8-12-17(18)26-20;/h8,11-12,15H,4-7,9-10,13-14H2,1-3H3;1H. The van der Waals surface area contributed by atoms with E-state index < -0.39 is 0 Å². The molecule has 1 aromatic heterocycles. The third-order valence-corrected chi connectivity index (χ3v) is 6.20. The zero-order valence-electron chi connectivity index (χ0n) is 16.4. The summed E-state index contributed by atoms with van der Waals surface area (Å²) in [6.07, 6.45) is 3.18. The van der Waals surface area contributed by atoms with Gasteiger partial charge in [0.25, 0.3) is 0 Å². The summed E-state index contributed by atoms with van der Waals surface area (Å²) in [6.45, 7) is 10.5. The minimum absolute atomic E-state index is 0. The van der Waals surface area contributed by atoms with Gasteiger partial charge in [-0.3, -0.25) is 9.69 Å². The first kappa shape index (κ1) is 21.9. The smallest absolute Gasteiger partial charge is 0.231 e. The van der Waals surface area contributed by atoms with Crippen LogP contribution in [0.2, 0.25) is 0 Å². The predicted molar refractivity (Wildman–Crippen MR) is 116 cm³/mol. The Labute approximate surface area is 172 Å². The number of rotatable bonds is 9. The van der Waals surface area contributed by atoms with Crippen LogP contribution in [-0.4, -0.2) is 48.6 Å². The summed E-state index contributed by atoms with van der Waals surface area (Å²) in [7, 11) is 0. The summed E-state index contributed by atoms with van der Waals surface area (Å²) >= 11 is 1.59. The second-order valence-electron chi connectivity index (χ2n) is 6.68. The maximum atomic E-state index is 13.0. The van der Waals surface area contributed by atoms with Crippen LogP contribution in [0.15, 0.2) is 18.2 Å². The van der Waals surface area contributed by atoms with Gasteiger partial charge in [0, 0.05) is 19.0 Å². The molecule has 7 heteroatoms. The number of aromatic nitrogens is 1. The van der Waals surface area contributed by atoms with Crippen LogP contribution < -0.4 is 9.64 Å². The summed E-state index contributed by atoms with van der Waals surface area (Å²) in [5.41, 5.74) is 0.864. The van der Waals surface area contributed by atoms with Gasteiger partial charge in [0.1, 0.15) is 11.3 Å². The molecule has 1 saturated carbocycles. The predicted octanol–water partition coefficient (Wildman–Crippen LogP) is 4.59. The topological polar surface area (TPSA) is 45.7 Å². The van der Waals surface area contributed by atoms with Gasteiger partial charge in [0.05, 0.1) is 11.3 Å². The van der Waals surface area contributed by atoms with Crippen molar-refractivity contribution in [3.63, 3.8) is 0 Å². The number of halogens is 1. The lowest BCUT2D eigenvalue weighted by Crippen LogP contribution is -2.43. The third kappa shape index (κ3) is 4.92. The van der Waals surface area contributed by atoms with Crippen LogP contribution in [0.4, 0.5) is 5.13 Å². The number of carbonyl (C=O) groups excluding carboxylic acids is 1. The van der Waals surface area contributed by atoms with E-state index in [9.17, 15) is 4.79 Å². The Bertz CT molecular complexity index is 744. The number of carbonyl (C=O) groups is 1. The van der Waals surface area contributed by atoms with E-state index in [1.165, 1.54) is 0 Å². The van der Waals surface area contributed by atoms with E-state index >= 15 is 0 Å². The van der Waals surface area contributed by atoms with Crippen molar-refractivity contribution in [3.05, 3.63) is 18.2 Å². The highest BCUT2D eigenvalue weighted by atomic mass is 35.5. The molecule has 1 aliphatic carbocycles. The number of benzene rings is 1. The molecule has 0 aliphatic heterocycles. The fraction of sp³-hybridized carbons (Fsp3) is 0.600. The summed E-state index contributed by atoms with van der Waals surface area (Å²) in [5, 5.41) is 0.802. The SMILES string of the molecule is CCOc1cccc2sc(N(CCN(CC)CC)C(=O)C3CCC3)nc12.Cl. The van der Waals surface area contributed by atoms with Gasteiger partial charge in [-0.15, -0.1) is 12.4 Å². The number of fused-ring (bicyclic) bond motifs is 1. The molecule has 0 atom stereocenters. The van der Waals surface area contributed by atoms with Gasteiger partial charge in [0.15, 0.2) is 5.13 Å². The Balaban J connectivity index is 0.00000261. The van der Waals surface area contributed by atoms with Crippen molar-refractivity contribution in [1.29, 1.82) is 0 Å². The molecule has 2 aromatic rings. The van der Waals surface area contributed by atoms with Crippen molar-refractivity contribution in [2.24, 2.45) is 5.92 Å². The van der Waals surface area contributed by atoms with Crippen LogP contribution in [0.1, 0.15) is 40.0 Å². The average Bonchev–Trinajstić information content (AvgIpc) is 3.02. The van der Waals surface area contributed by atoms with Crippen molar-refractivity contribution < 1.29 is 9.53 Å². The normalized spacial score (nSPS) is 14.1. The molecule has 0 unspecified atom stereocenters. The second-order valence-corrected chi connectivity index (χ2v) is 7.69. The molecule has 27 heavy (non-hydrogen) atoms. The highest BCUT2D eigenvalue weighted by Crippen LogP contribution is 2.36. The fourth-order valence-corrected chi connectivity index (χ4v) is 4.27. The number of ether oxygens (including phenoxy) is 1. The van der Waals surface area contributed by atoms with Gasteiger partial charge in [-0.25, -0.2) is 4.98 Å². The van der Waals surface area contributed by atoms with E-state index in [4.69, 9.17) is 9.72 Å². The van der Waals surface area contributed by atoms with Gasteiger partial charge in [-0.1, -0.05) is 37.7 Å². The molecule has 1 heterocycles. The van der Waals surface area contributed by atoms with Gasteiger partial charge in [-0.2, -0.15) is 0 Å². The Morgan fingerprint density at radius 1 is 1.22 bits per heavy atom. The maximum absolute atomic E-state index is 13.0.